The third-order valence-electron chi connectivity index (χ3n) is 6.31. The molecule has 30 heavy (non-hydrogen) atoms. The Morgan fingerprint density at radius 3 is 2.93 bits per heavy atom. The number of aryl methyl sites for hydroxylation is 1. The van der Waals surface area contributed by atoms with Crippen LogP contribution >= 0.6 is 11.3 Å². The largest absolute Gasteiger partial charge is 0.497 e. The van der Waals surface area contributed by atoms with Crippen LogP contribution in [0.1, 0.15) is 29.5 Å². The third kappa shape index (κ3) is 3.65. The number of rotatable bonds is 3. The van der Waals surface area contributed by atoms with Crippen LogP contribution in [-0.4, -0.2) is 42.5 Å². The molecule has 1 amide bonds. The molecule has 3 heterocycles. The third-order valence-corrected chi connectivity index (χ3v) is 7.39. The second kappa shape index (κ2) is 7.91. The quantitative estimate of drug-likeness (QED) is 0.628. The van der Waals surface area contributed by atoms with Crippen molar-refractivity contribution in [3.63, 3.8) is 0 Å². The van der Waals surface area contributed by atoms with Crippen LogP contribution < -0.4 is 9.64 Å². The summed E-state index contributed by atoms with van der Waals surface area (Å²) in [5.41, 5.74) is 4.85. The minimum atomic E-state index is 0.0484. The first-order valence-electron chi connectivity index (χ1n) is 10.7. The second-order valence-corrected chi connectivity index (χ2v) is 9.41. The standard InChI is InChI=1S/C24H27N3O2S/c1-16-5-8-21-22(12-16)30-24(25-21)27-10-3-4-19(15-27)23(28)26-11-9-17-13-20(29-2)7-6-18(17)14-26/h5-8,12-13,19H,3-4,9-11,14-15H2,1-2H3. The van der Waals surface area contributed by atoms with Crippen LogP contribution in [0.5, 0.6) is 5.75 Å². The van der Waals surface area contributed by atoms with E-state index >= 15 is 0 Å². The van der Waals surface area contributed by atoms with E-state index in [1.165, 1.54) is 21.4 Å². The van der Waals surface area contributed by atoms with Crippen molar-refractivity contribution < 1.29 is 9.53 Å². The van der Waals surface area contributed by atoms with Gasteiger partial charge in [0.1, 0.15) is 5.75 Å². The van der Waals surface area contributed by atoms with Gasteiger partial charge in [-0.2, -0.15) is 0 Å². The van der Waals surface area contributed by atoms with Crippen LogP contribution in [-0.2, 0) is 17.8 Å². The van der Waals surface area contributed by atoms with E-state index in [2.05, 4.69) is 42.2 Å². The molecule has 156 valence electrons. The lowest BCUT2D eigenvalue weighted by Crippen LogP contribution is -2.46. The molecule has 1 aromatic heterocycles. The fraction of sp³-hybridized carbons (Fsp3) is 0.417. The number of fused-ring (bicyclic) bond motifs is 2. The van der Waals surface area contributed by atoms with Crippen LogP contribution in [0.2, 0.25) is 0 Å². The molecule has 0 spiro atoms. The van der Waals surface area contributed by atoms with Gasteiger partial charge in [-0.1, -0.05) is 23.5 Å². The number of methoxy groups -OCH3 is 1. The topological polar surface area (TPSA) is 45.7 Å². The number of anilines is 1. The number of hydrogen-bond donors (Lipinski definition) is 0. The number of piperidine rings is 1. The first kappa shape index (κ1) is 19.4. The molecule has 2 aliphatic rings. The average molecular weight is 422 g/mol. The molecule has 0 radical (unpaired) electrons. The summed E-state index contributed by atoms with van der Waals surface area (Å²) in [4.78, 5) is 22.5. The van der Waals surface area contributed by atoms with E-state index in [-0.39, 0.29) is 11.8 Å². The van der Waals surface area contributed by atoms with E-state index in [1.54, 1.807) is 18.4 Å². The van der Waals surface area contributed by atoms with E-state index < -0.39 is 0 Å². The van der Waals surface area contributed by atoms with Gasteiger partial charge in [0.15, 0.2) is 5.13 Å². The maximum Gasteiger partial charge on any atom is 0.227 e. The van der Waals surface area contributed by atoms with Crippen molar-refractivity contribution >= 4 is 32.6 Å². The average Bonchev–Trinajstić information content (AvgIpc) is 3.21. The lowest BCUT2D eigenvalue weighted by Gasteiger charge is -2.36. The van der Waals surface area contributed by atoms with E-state index in [1.807, 2.05) is 11.0 Å². The zero-order chi connectivity index (χ0) is 20.7. The monoisotopic (exact) mass is 421 g/mol. The van der Waals surface area contributed by atoms with Crippen molar-refractivity contribution in [2.45, 2.75) is 32.7 Å². The molecule has 3 aromatic rings. The summed E-state index contributed by atoms with van der Waals surface area (Å²) < 4.78 is 6.56. The predicted molar refractivity (Wildman–Crippen MR) is 121 cm³/mol. The number of carbonyl (C=O) groups excluding carboxylic acids is 1. The van der Waals surface area contributed by atoms with E-state index in [0.29, 0.717) is 6.54 Å². The summed E-state index contributed by atoms with van der Waals surface area (Å²) in [6.45, 7) is 5.35. The Hall–Kier alpha value is -2.60. The molecule has 0 aliphatic carbocycles. The Morgan fingerprint density at radius 2 is 2.07 bits per heavy atom. The number of amides is 1. The van der Waals surface area contributed by atoms with Gasteiger partial charge in [-0.05, 0) is 67.1 Å². The molecule has 0 saturated carbocycles. The summed E-state index contributed by atoms with van der Waals surface area (Å²) in [7, 11) is 1.70. The molecule has 6 heteroatoms. The summed E-state index contributed by atoms with van der Waals surface area (Å²) in [6.07, 6.45) is 2.89. The van der Waals surface area contributed by atoms with Crippen molar-refractivity contribution in [1.82, 2.24) is 9.88 Å². The Kier molecular flexibility index (Phi) is 5.11. The molecule has 2 aromatic carbocycles. The second-order valence-electron chi connectivity index (χ2n) is 8.40. The first-order valence-corrected chi connectivity index (χ1v) is 11.5. The minimum Gasteiger partial charge on any atom is -0.497 e. The minimum absolute atomic E-state index is 0.0484. The van der Waals surface area contributed by atoms with Gasteiger partial charge >= 0.3 is 0 Å². The zero-order valence-corrected chi connectivity index (χ0v) is 18.4. The first-order chi connectivity index (χ1) is 14.6. The van der Waals surface area contributed by atoms with Gasteiger partial charge in [-0.15, -0.1) is 0 Å². The van der Waals surface area contributed by atoms with E-state index in [4.69, 9.17) is 9.72 Å². The van der Waals surface area contributed by atoms with Gasteiger partial charge in [0, 0.05) is 26.2 Å². The molecular weight excluding hydrogens is 394 g/mol. The van der Waals surface area contributed by atoms with Crippen molar-refractivity contribution in [3.05, 3.63) is 53.1 Å². The molecule has 2 aliphatic heterocycles. The van der Waals surface area contributed by atoms with Crippen LogP contribution in [0.4, 0.5) is 5.13 Å². The highest BCUT2D eigenvalue weighted by atomic mass is 32.1. The SMILES string of the molecule is COc1ccc2c(c1)CCN(C(=O)C1CCCN(c3nc4ccc(C)cc4s3)C1)C2. The molecule has 0 N–H and O–H groups in total. The van der Waals surface area contributed by atoms with Crippen molar-refractivity contribution in [3.8, 4) is 5.75 Å². The Balaban J connectivity index is 1.30. The summed E-state index contributed by atoms with van der Waals surface area (Å²) in [5.74, 6) is 1.23. The Morgan fingerprint density at radius 1 is 1.17 bits per heavy atom. The van der Waals surface area contributed by atoms with Crippen LogP contribution in [0.15, 0.2) is 36.4 Å². The van der Waals surface area contributed by atoms with Crippen LogP contribution in [0, 0.1) is 12.8 Å². The van der Waals surface area contributed by atoms with Gasteiger partial charge in [-0.3, -0.25) is 4.79 Å². The molecule has 1 fully saturated rings. The Bertz CT molecular complexity index is 1090. The highest BCUT2D eigenvalue weighted by Crippen LogP contribution is 2.33. The van der Waals surface area contributed by atoms with Gasteiger partial charge in [0.25, 0.3) is 0 Å². The van der Waals surface area contributed by atoms with Gasteiger partial charge in [0.2, 0.25) is 5.91 Å². The molecule has 1 unspecified atom stereocenters. The van der Waals surface area contributed by atoms with Crippen molar-refractivity contribution in [2.24, 2.45) is 5.92 Å². The van der Waals surface area contributed by atoms with Gasteiger partial charge in [-0.25, -0.2) is 4.98 Å². The zero-order valence-electron chi connectivity index (χ0n) is 17.6. The molecule has 5 rings (SSSR count). The van der Waals surface area contributed by atoms with Crippen LogP contribution in [0.25, 0.3) is 10.2 Å². The summed E-state index contributed by atoms with van der Waals surface area (Å²) >= 11 is 1.74. The molecule has 5 nitrogen and oxygen atoms in total. The number of carbonyl (C=O) groups is 1. The highest BCUT2D eigenvalue weighted by molar-refractivity contribution is 7.22. The predicted octanol–water partition coefficient (Wildman–Crippen LogP) is 4.41. The summed E-state index contributed by atoms with van der Waals surface area (Å²) in [6, 6.07) is 12.6. The number of aromatic nitrogens is 1. The van der Waals surface area contributed by atoms with Gasteiger partial charge in [0.05, 0.1) is 23.2 Å². The lowest BCUT2D eigenvalue weighted by molar-refractivity contribution is -0.136. The molecule has 1 atom stereocenters. The lowest BCUT2D eigenvalue weighted by atomic mass is 9.94. The maximum atomic E-state index is 13.3. The van der Waals surface area contributed by atoms with Crippen molar-refractivity contribution in [1.29, 1.82) is 0 Å². The molecular formula is C24H27N3O2S. The molecule has 1 saturated heterocycles. The number of benzene rings is 2. The number of hydrogen-bond acceptors (Lipinski definition) is 5. The van der Waals surface area contributed by atoms with E-state index in [0.717, 1.165) is 55.3 Å². The Labute approximate surface area is 181 Å². The number of ether oxygens (including phenoxy) is 1. The maximum absolute atomic E-state index is 13.3. The highest BCUT2D eigenvalue weighted by Gasteiger charge is 2.32. The summed E-state index contributed by atoms with van der Waals surface area (Å²) in [5, 5.41) is 1.05. The number of thiazole rings is 1. The van der Waals surface area contributed by atoms with Gasteiger partial charge < -0.3 is 14.5 Å². The normalized spacial score (nSPS) is 19.1. The fourth-order valence-electron chi connectivity index (χ4n) is 4.61. The fourth-order valence-corrected chi connectivity index (χ4v) is 5.71. The number of nitrogens with zero attached hydrogens (tertiary/aromatic N) is 3. The smallest absolute Gasteiger partial charge is 0.227 e. The van der Waals surface area contributed by atoms with Crippen molar-refractivity contribution in [2.75, 3.05) is 31.6 Å². The molecule has 0 bridgehead atoms. The van der Waals surface area contributed by atoms with E-state index in [9.17, 15) is 4.79 Å². The van der Waals surface area contributed by atoms with Crippen LogP contribution in [0.3, 0.4) is 0 Å².